The molecule has 2 heterocycles. The second-order valence-corrected chi connectivity index (χ2v) is 9.08. The lowest BCUT2D eigenvalue weighted by atomic mass is 10.2. The number of thiophene rings is 1. The number of halogens is 4. The van der Waals surface area contributed by atoms with E-state index in [4.69, 9.17) is 16.3 Å². The number of nitrogens with one attached hydrogen (secondary N) is 4. The molecule has 194 valence electrons. The number of hydrogen-bond acceptors (Lipinski definition) is 6. The van der Waals surface area contributed by atoms with Gasteiger partial charge in [0.1, 0.15) is 18.5 Å². The van der Waals surface area contributed by atoms with Crippen LogP contribution >= 0.6 is 22.9 Å². The fraction of sp³-hybridized carbons (Fsp3) is 0.333. The Kier molecular flexibility index (Phi) is 9.50. The minimum Gasteiger partial charge on any atom is -0.370 e. The molecule has 0 bridgehead atoms. The van der Waals surface area contributed by atoms with Crippen LogP contribution < -0.4 is 26.2 Å². The third-order valence-corrected chi connectivity index (χ3v) is 6.02. The number of hydrogen-bond donors (Lipinski definition) is 4. The van der Waals surface area contributed by atoms with Gasteiger partial charge in [-0.2, -0.15) is 0 Å². The number of benzene rings is 1. The SMILES string of the molecule is O=C(NCC(F)F)N[C@@H](CNC(=O)c1ccc(Cl)s1)C(=O)Nc1ccc(N2CCOCC2=O)c(F)c1. The van der Waals surface area contributed by atoms with Crippen LogP contribution in [0.2, 0.25) is 4.34 Å². The summed E-state index contributed by atoms with van der Waals surface area (Å²) in [5, 5.41) is 8.93. The Balaban J connectivity index is 1.69. The first-order valence-electron chi connectivity index (χ1n) is 10.5. The van der Waals surface area contributed by atoms with E-state index < -0.39 is 55.1 Å². The molecule has 36 heavy (non-hydrogen) atoms. The van der Waals surface area contributed by atoms with Crippen LogP contribution in [-0.2, 0) is 14.3 Å². The lowest BCUT2D eigenvalue weighted by Gasteiger charge is -2.27. The van der Waals surface area contributed by atoms with Crippen molar-refractivity contribution in [2.75, 3.05) is 43.1 Å². The van der Waals surface area contributed by atoms with E-state index in [-0.39, 0.29) is 36.0 Å². The largest absolute Gasteiger partial charge is 0.370 e. The molecular formula is C21H21ClF3N5O5S. The first-order chi connectivity index (χ1) is 17.1. The average Bonchev–Trinajstić information content (AvgIpc) is 3.27. The number of urea groups is 1. The number of carbonyl (C=O) groups is 4. The molecule has 1 fully saturated rings. The number of anilines is 2. The Morgan fingerprint density at radius 3 is 2.56 bits per heavy atom. The van der Waals surface area contributed by atoms with Crippen LogP contribution in [0.15, 0.2) is 30.3 Å². The summed E-state index contributed by atoms with van der Waals surface area (Å²) in [6, 6.07) is 4.11. The second-order valence-electron chi connectivity index (χ2n) is 7.37. The molecule has 3 rings (SSSR count). The molecule has 1 aromatic carbocycles. The fourth-order valence-electron chi connectivity index (χ4n) is 3.11. The van der Waals surface area contributed by atoms with Crippen molar-refractivity contribution in [1.29, 1.82) is 0 Å². The van der Waals surface area contributed by atoms with E-state index in [1.807, 2.05) is 5.32 Å². The Bertz CT molecular complexity index is 1140. The zero-order valence-corrected chi connectivity index (χ0v) is 20.1. The van der Waals surface area contributed by atoms with E-state index in [9.17, 15) is 32.3 Å². The summed E-state index contributed by atoms with van der Waals surface area (Å²) in [7, 11) is 0. The molecule has 15 heteroatoms. The van der Waals surface area contributed by atoms with E-state index in [1.54, 1.807) is 0 Å². The molecule has 0 radical (unpaired) electrons. The van der Waals surface area contributed by atoms with Gasteiger partial charge in [-0.3, -0.25) is 14.4 Å². The molecule has 1 atom stereocenters. The number of nitrogens with zero attached hydrogens (tertiary/aromatic N) is 1. The first-order valence-corrected chi connectivity index (χ1v) is 11.7. The number of rotatable bonds is 9. The highest BCUT2D eigenvalue weighted by Crippen LogP contribution is 2.24. The van der Waals surface area contributed by atoms with E-state index in [1.165, 1.54) is 29.2 Å². The van der Waals surface area contributed by atoms with Crippen molar-refractivity contribution in [1.82, 2.24) is 16.0 Å². The van der Waals surface area contributed by atoms with Gasteiger partial charge in [0, 0.05) is 18.8 Å². The average molecular weight is 548 g/mol. The van der Waals surface area contributed by atoms with Crippen LogP contribution in [0.5, 0.6) is 0 Å². The fourth-order valence-corrected chi connectivity index (χ4v) is 4.07. The summed E-state index contributed by atoms with van der Waals surface area (Å²) >= 11 is 6.80. The lowest BCUT2D eigenvalue weighted by Crippen LogP contribution is -2.53. The summed E-state index contributed by atoms with van der Waals surface area (Å²) in [5.41, 5.74) is 0.00216. The number of amides is 5. The summed E-state index contributed by atoms with van der Waals surface area (Å²) < 4.78 is 44.9. The van der Waals surface area contributed by atoms with Crippen LogP contribution in [0.4, 0.5) is 29.3 Å². The Morgan fingerprint density at radius 2 is 1.92 bits per heavy atom. The van der Waals surface area contributed by atoms with Crippen molar-refractivity contribution in [2.45, 2.75) is 12.5 Å². The Hall–Kier alpha value is -3.36. The maximum atomic E-state index is 14.7. The minimum atomic E-state index is -2.81. The monoisotopic (exact) mass is 547 g/mol. The van der Waals surface area contributed by atoms with Crippen molar-refractivity contribution < 1.29 is 37.1 Å². The highest BCUT2D eigenvalue weighted by molar-refractivity contribution is 7.18. The molecule has 1 aromatic heterocycles. The molecule has 5 amide bonds. The van der Waals surface area contributed by atoms with Gasteiger partial charge in [-0.05, 0) is 30.3 Å². The van der Waals surface area contributed by atoms with Crippen LogP contribution in [0.1, 0.15) is 9.67 Å². The van der Waals surface area contributed by atoms with Gasteiger partial charge in [-0.15, -0.1) is 11.3 Å². The molecule has 0 spiro atoms. The molecule has 1 aliphatic heterocycles. The highest BCUT2D eigenvalue weighted by Gasteiger charge is 2.25. The van der Waals surface area contributed by atoms with Gasteiger partial charge < -0.3 is 30.9 Å². The summed E-state index contributed by atoms with van der Waals surface area (Å²) in [5.74, 6) is -2.64. The number of alkyl halides is 2. The van der Waals surface area contributed by atoms with Gasteiger partial charge in [-0.1, -0.05) is 11.6 Å². The van der Waals surface area contributed by atoms with Gasteiger partial charge in [-0.25, -0.2) is 18.0 Å². The smallest absolute Gasteiger partial charge is 0.315 e. The van der Waals surface area contributed by atoms with E-state index in [0.717, 1.165) is 17.4 Å². The Labute approximate surface area is 212 Å². The molecule has 2 aromatic rings. The molecule has 4 N–H and O–H groups in total. The van der Waals surface area contributed by atoms with Crippen molar-refractivity contribution in [2.24, 2.45) is 0 Å². The molecule has 1 aliphatic rings. The second kappa shape index (κ2) is 12.6. The third-order valence-electron chi connectivity index (χ3n) is 4.79. The van der Waals surface area contributed by atoms with E-state index in [0.29, 0.717) is 4.34 Å². The molecule has 0 aliphatic carbocycles. The van der Waals surface area contributed by atoms with Crippen LogP contribution in [-0.4, -0.2) is 69.1 Å². The predicted octanol–water partition coefficient (Wildman–Crippen LogP) is 2.21. The maximum absolute atomic E-state index is 14.7. The van der Waals surface area contributed by atoms with Gasteiger partial charge >= 0.3 is 6.03 Å². The molecule has 0 unspecified atom stereocenters. The third kappa shape index (κ3) is 7.57. The van der Waals surface area contributed by atoms with Gasteiger partial charge in [0.05, 0.1) is 28.1 Å². The molecule has 0 saturated carbocycles. The number of ether oxygens (including phenoxy) is 1. The number of carbonyl (C=O) groups excluding carboxylic acids is 4. The Morgan fingerprint density at radius 1 is 1.14 bits per heavy atom. The minimum absolute atomic E-state index is 0.00175. The highest BCUT2D eigenvalue weighted by atomic mass is 35.5. The van der Waals surface area contributed by atoms with Crippen molar-refractivity contribution in [3.8, 4) is 0 Å². The van der Waals surface area contributed by atoms with Crippen LogP contribution in [0.25, 0.3) is 0 Å². The van der Waals surface area contributed by atoms with E-state index >= 15 is 0 Å². The van der Waals surface area contributed by atoms with Gasteiger partial charge in [0.2, 0.25) is 5.91 Å². The lowest BCUT2D eigenvalue weighted by molar-refractivity contribution is -0.125. The molecular weight excluding hydrogens is 527 g/mol. The molecule has 10 nitrogen and oxygen atoms in total. The maximum Gasteiger partial charge on any atom is 0.315 e. The quantitative estimate of drug-likeness (QED) is 0.383. The van der Waals surface area contributed by atoms with E-state index in [2.05, 4.69) is 16.0 Å². The topological polar surface area (TPSA) is 129 Å². The van der Waals surface area contributed by atoms with Crippen LogP contribution in [0, 0.1) is 5.82 Å². The summed E-state index contributed by atoms with van der Waals surface area (Å²) in [6.45, 7) is -1.13. The summed E-state index contributed by atoms with van der Waals surface area (Å²) in [6.07, 6.45) is -2.81. The summed E-state index contributed by atoms with van der Waals surface area (Å²) in [4.78, 5) is 50.5. The normalized spacial score (nSPS) is 14.4. The van der Waals surface area contributed by atoms with Gasteiger partial charge in [0.25, 0.3) is 18.2 Å². The van der Waals surface area contributed by atoms with Crippen LogP contribution in [0.3, 0.4) is 0 Å². The van der Waals surface area contributed by atoms with Gasteiger partial charge in [0.15, 0.2) is 0 Å². The van der Waals surface area contributed by atoms with Crippen molar-refractivity contribution in [3.63, 3.8) is 0 Å². The first kappa shape index (κ1) is 27.2. The predicted molar refractivity (Wildman–Crippen MR) is 126 cm³/mol. The molecule has 1 saturated heterocycles. The standard InChI is InChI=1S/C21H21ClF3N5O5S/c22-16-4-3-15(36-16)20(33)26-8-13(29-21(34)27-9-17(24)25)19(32)28-11-1-2-14(12(23)7-11)30-5-6-35-10-18(30)31/h1-4,7,13,17H,5-6,8-10H2,(H,26,33)(H,28,32)(H2,27,29,34)/t13-/m0/s1. The zero-order chi connectivity index (χ0) is 26.2. The van der Waals surface area contributed by atoms with Crippen molar-refractivity contribution in [3.05, 3.63) is 45.4 Å². The van der Waals surface area contributed by atoms with Crippen molar-refractivity contribution >= 4 is 58.1 Å². The number of morpholine rings is 1. The zero-order valence-electron chi connectivity index (χ0n) is 18.5.